The summed E-state index contributed by atoms with van der Waals surface area (Å²) in [5.74, 6) is 0.0799. The molecule has 5 heteroatoms. The molecule has 0 saturated carbocycles. The van der Waals surface area contributed by atoms with Crippen LogP contribution in [0.15, 0.2) is 24.3 Å². The van der Waals surface area contributed by atoms with Gasteiger partial charge in [0, 0.05) is 11.6 Å². The van der Waals surface area contributed by atoms with Gasteiger partial charge in [-0.15, -0.1) is 0 Å². The standard InChI is InChI=1S/C15H21ClN2O2/c1-11-8-18(9-12(2)20-11)10-15(19)17-7-13-3-5-14(16)6-4-13/h3-6,11-12H,7-10H2,1-2H3,(H,17,19)/p+1/t11-,12-/m1/s1. The van der Waals surface area contributed by atoms with Crippen molar-refractivity contribution in [1.82, 2.24) is 5.32 Å². The first-order chi connectivity index (χ1) is 9.52. The van der Waals surface area contributed by atoms with Crippen LogP contribution >= 0.6 is 11.6 Å². The molecule has 1 fully saturated rings. The van der Waals surface area contributed by atoms with E-state index in [4.69, 9.17) is 16.3 Å². The van der Waals surface area contributed by atoms with Crippen LogP contribution in [-0.4, -0.2) is 37.7 Å². The van der Waals surface area contributed by atoms with E-state index < -0.39 is 0 Å². The van der Waals surface area contributed by atoms with Crippen molar-refractivity contribution in [3.63, 3.8) is 0 Å². The third-order valence-corrected chi connectivity index (χ3v) is 3.68. The van der Waals surface area contributed by atoms with E-state index in [1.165, 1.54) is 4.90 Å². The summed E-state index contributed by atoms with van der Waals surface area (Å²) in [6, 6.07) is 7.52. The molecule has 2 rings (SSSR count). The van der Waals surface area contributed by atoms with E-state index in [1.807, 2.05) is 24.3 Å². The molecule has 0 aromatic heterocycles. The lowest BCUT2D eigenvalue weighted by Gasteiger charge is -2.31. The van der Waals surface area contributed by atoms with Crippen LogP contribution in [0.1, 0.15) is 19.4 Å². The number of carbonyl (C=O) groups excluding carboxylic acids is 1. The third kappa shape index (κ3) is 4.78. The highest BCUT2D eigenvalue weighted by atomic mass is 35.5. The predicted octanol–water partition coefficient (Wildman–Crippen LogP) is 0.648. The summed E-state index contributed by atoms with van der Waals surface area (Å²) < 4.78 is 5.67. The van der Waals surface area contributed by atoms with Gasteiger partial charge in [0.15, 0.2) is 6.54 Å². The number of halogens is 1. The smallest absolute Gasteiger partial charge is 0.275 e. The summed E-state index contributed by atoms with van der Waals surface area (Å²) in [6.07, 6.45) is 0.440. The van der Waals surface area contributed by atoms with Crippen LogP contribution in [0.5, 0.6) is 0 Å². The van der Waals surface area contributed by atoms with E-state index in [0.29, 0.717) is 18.1 Å². The minimum Gasteiger partial charge on any atom is -0.364 e. The highest BCUT2D eigenvalue weighted by Crippen LogP contribution is 2.08. The number of carbonyl (C=O) groups is 1. The van der Waals surface area contributed by atoms with Crippen molar-refractivity contribution in [1.29, 1.82) is 0 Å². The summed E-state index contributed by atoms with van der Waals surface area (Å²) in [5.41, 5.74) is 1.06. The minimum absolute atomic E-state index is 0.0799. The Bertz CT molecular complexity index is 440. The molecule has 0 spiro atoms. The van der Waals surface area contributed by atoms with Gasteiger partial charge in [-0.05, 0) is 31.5 Å². The Labute approximate surface area is 125 Å². The second-order valence-electron chi connectivity index (χ2n) is 5.50. The van der Waals surface area contributed by atoms with Gasteiger partial charge in [-0.25, -0.2) is 0 Å². The summed E-state index contributed by atoms with van der Waals surface area (Å²) >= 11 is 5.83. The van der Waals surface area contributed by atoms with Crippen LogP contribution < -0.4 is 10.2 Å². The van der Waals surface area contributed by atoms with Crippen LogP contribution in [0.3, 0.4) is 0 Å². The zero-order chi connectivity index (χ0) is 14.5. The van der Waals surface area contributed by atoms with Gasteiger partial charge < -0.3 is 15.0 Å². The molecule has 1 amide bonds. The largest absolute Gasteiger partial charge is 0.364 e. The fourth-order valence-corrected chi connectivity index (χ4v) is 2.75. The topological polar surface area (TPSA) is 42.8 Å². The average molecular weight is 298 g/mol. The molecule has 0 aliphatic carbocycles. The van der Waals surface area contributed by atoms with Crippen molar-refractivity contribution in [2.75, 3.05) is 19.6 Å². The highest BCUT2D eigenvalue weighted by Gasteiger charge is 2.26. The van der Waals surface area contributed by atoms with Crippen LogP contribution in [0.4, 0.5) is 0 Å². The second-order valence-corrected chi connectivity index (χ2v) is 5.93. The van der Waals surface area contributed by atoms with Crippen LogP contribution in [-0.2, 0) is 16.1 Å². The van der Waals surface area contributed by atoms with Gasteiger partial charge in [-0.2, -0.15) is 0 Å². The first kappa shape index (κ1) is 15.3. The van der Waals surface area contributed by atoms with Crippen molar-refractivity contribution >= 4 is 17.5 Å². The number of morpholine rings is 1. The van der Waals surface area contributed by atoms with E-state index in [9.17, 15) is 4.79 Å². The van der Waals surface area contributed by atoms with Gasteiger partial charge >= 0.3 is 0 Å². The lowest BCUT2D eigenvalue weighted by Crippen LogP contribution is -3.16. The quantitative estimate of drug-likeness (QED) is 0.857. The molecule has 0 bridgehead atoms. The normalized spacial score (nSPS) is 26.2. The monoisotopic (exact) mass is 297 g/mol. The summed E-state index contributed by atoms with van der Waals surface area (Å²) in [4.78, 5) is 13.2. The predicted molar refractivity (Wildman–Crippen MR) is 78.9 cm³/mol. The number of ether oxygens (including phenoxy) is 1. The van der Waals surface area contributed by atoms with Gasteiger partial charge in [0.1, 0.15) is 25.3 Å². The maximum Gasteiger partial charge on any atom is 0.275 e. The molecule has 1 aromatic rings. The number of amides is 1. The van der Waals surface area contributed by atoms with Crippen molar-refractivity contribution in [3.8, 4) is 0 Å². The molecule has 0 unspecified atom stereocenters. The summed E-state index contributed by atoms with van der Waals surface area (Å²) in [5, 5.41) is 3.66. The van der Waals surface area contributed by atoms with E-state index in [2.05, 4.69) is 19.2 Å². The zero-order valence-electron chi connectivity index (χ0n) is 12.0. The molecule has 2 N–H and O–H groups in total. The number of quaternary nitrogens is 1. The van der Waals surface area contributed by atoms with Crippen molar-refractivity contribution in [2.24, 2.45) is 0 Å². The van der Waals surface area contributed by atoms with Crippen molar-refractivity contribution < 1.29 is 14.4 Å². The van der Waals surface area contributed by atoms with Crippen LogP contribution in [0.25, 0.3) is 0 Å². The maximum absolute atomic E-state index is 12.0. The van der Waals surface area contributed by atoms with Gasteiger partial charge in [-0.1, -0.05) is 23.7 Å². The molecule has 20 heavy (non-hydrogen) atoms. The van der Waals surface area contributed by atoms with Crippen molar-refractivity contribution in [3.05, 3.63) is 34.9 Å². The van der Waals surface area contributed by atoms with Crippen LogP contribution in [0, 0.1) is 0 Å². The van der Waals surface area contributed by atoms with E-state index in [-0.39, 0.29) is 18.1 Å². The lowest BCUT2D eigenvalue weighted by molar-refractivity contribution is -0.907. The van der Waals surface area contributed by atoms with Crippen molar-refractivity contribution in [2.45, 2.75) is 32.6 Å². The fraction of sp³-hybridized carbons (Fsp3) is 0.533. The number of hydrogen-bond acceptors (Lipinski definition) is 2. The molecular formula is C15H22ClN2O2+. The zero-order valence-corrected chi connectivity index (χ0v) is 12.7. The van der Waals surface area contributed by atoms with Gasteiger partial charge in [0.25, 0.3) is 5.91 Å². The number of rotatable bonds is 4. The average Bonchev–Trinajstić information content (AvgIpc) is 2.37. The Balaban J connectivity index is 1.76. The minimum atomic E-state index is 0.0799. The molecular weight excluding hydrogens is 276 g/mol. The molecule has 1 heterocycles. The lowest BCUT2D eigenvalue weighted by atomic mass is 10.2. The van der Waals surface area contributed by atoms with E-state index in [1.54, 1.807) is 0 Å². The Morgan fingerprint density at radius 3 is 2.50 bits per heavy atom. The first-order valence-corrected chi connectivity index (χ1v) is 7.41. The molecule has 1 aromatic carbocycles. The Morgan fingerprint density at radius 1 is 1.30 bits per heavy atom. The number of benzene rings is 1. The SMILES string of the molecule is C[C@@H]1C[NH+](CC(=O)NCc2ccc(Cl)cc2)C[C@@H](C)O1. The molecule has 4 nitrogen and oxygen atoms in total. The summed E-state index contributed by atoms with van der Waals surface area (Å²) in [7, 11) is 0. The number of hydrogen-bond donors (Lipinski definition) is 2. The van der Waals surface area contributed by atoms with E-state index >= 15 is 0 Å². The molecule has 2 atom stereocenters. The molecule has 1 aliphatic rings. The van der Waals surface area contributed by atoms with Gasteiger partial charge in [0.2, 0.25) is 0 Å². The van der Waals surface area contributed by atoms with Gasteiger partial charge in [0.05, 0.1) is 0 Å². The Hall–Kier alpha value is -1.10. The Kier molecular flexibility index (Phi) is 5.40. The third-order valence-electron chi connectivity index (χ3n) is 3.43. The summed E-state index contributed by atoms with van der Waals surface area (Å²) in [6.45, 7) is 6.94. The molecule has 1 aliphatic heterocycles. The number of nitrogens with one attached hydrogen (secondary N) is 2. The first-order valence-electron chi connectivity index (χ1n) is 7.03. The van der Waals surface area contributed by atoms with E-state index in [0.717, 1.165) is 18.7 Å². The fourth-order valence-electron chi connectivity index (χ4n) is 2.63. The van der Waals surface area contributed by atoms with Gasteiger partial charge in [-0.3, -0.25) is 4.79 Å². The van der Waals surface area contributed by atoms with Crippen LogP contribution in [0.2, 0.25) is 5.02 Å². The maximum atomic E-state index is 12.0. The Morgan fingerprint density at radius 2 is 1.90 bits per heavy atom. The highest BCUT2D eigenvalue weighted by molar-refractivity contribution is 6.30. The molecule has 1 saturated heterocycles. The molecule has 110 valence electrons. The second kappa shape index (κ2) is 7.07. The molecule has 0 radical (unpaired) electrons.